The zero-order valence-corrected chi connectivity index (χ0v) is 19.3. The molecule has 3 aliphatic rings. The highest BCUT2D eigenvalue weighted by molar-refractivity contribution is 7.80. The Morgan fingerprint density at radius 1 is 1.00 bits per heavy atom. The maximum absolute atomic E-state index is 5.54. The van der Waals surface area contributed by atoms with Crippen LogP contribution in [-0.2, 0) is 6.54 Å². The van der Waals surface area contributed by atoms with E-state index >= 15 is 0 Å². The van der Waals surface area contributed by atoms with E-state index in [0.717, 1.165) is 60.8 Å². The van der Waals surface area contributed by atoms with Crippen molar-refractivity contribution in [3.05, 3.63) is 29.8 Å². The van der Waals surface area contributed by atoms with Crippen molar-refractivity contribution < 1.29 is 9.47 Å². The highest BCUT2D eigenvalue weighted by Gasteiger charge is 2.21. The number of hydrogen-bond acceptors (Lipinski definition) is 7. The first-order chi connectivity index (χ1) is 15.6. The number of anilines is 3. The SMILES string of the molecule is CC1CCN(c2cc(N3CCCC3)nc(NC(=S)NCc3ccc4c(c3)OCO4)n2)CC1. The Balaban J connectivity index is 1.27. The molecule has 5 rings (SSSR count). The van der Waals surface area contributed by atoms with Crippen molar-refractivity contribution in [3.63, 3.8) is 0 Å². The Morgan fingerprint density at radius 2 is 1.69 bits per heavy atom. The van der Waals surface area contributed by atoms with Crippen LogP contribution in [-0.4, -0.2) is 48.1 Å². The largest absolute Gasteiger partial charge is 0.454 e. The van der Waals surface area contributed by atoms with Crippen LogP contribution in [0.1, 0.15) is 38.2 Å². The molecule has 1 aromatic carbocycles. The van der Waals surface area contributed by atoms with Gasteiger partial charge in [-0.15, -0.1) is 0 Å². The second-order valence-electron chi connectivity index (χ2n) is 8.77. The average Bonchev–Trinajstić information content (AvgIpc) is 3.50. The summed E-state index contributed by atoms with van der Waals surface area (Å²) in [5, 5.41) is 6.95. The van der Waals surface area contributed by atoms with Gasteiger partial charge in [-0.2, -0.15) is 9.97 Å². The summed E-state index contributed by atoms with van der Waals surface area (Å²) in [5.74, 6) is 4.83. The van der Waals surface area contributed by atoms with Crippen LogP contribution in [0.2, 0.25) is 0 Å². The molecule has 3 aliphatic heterocycles. The molecule has 0 radical (unpaired) electrons. The quantitative estimate of drug-likeness (QED) is 0.660. The van der Waals surface area contributed by atoms with Gasteiger partial charge in [0.1, 0.15) is 11.6 Å². The molecule has 32 heavy (non-hydrogen) atoms. The van der Waals surface area contributed by atoms with Crippen molar-refractivity contribution in [1.82, 2.24) is 15.3 Å². The molecule has 9 heteroatoms. The Hall–Kier alpha value is -2.81. The maximum atomic E-state index is 5.54. The van der Waals surface area contributed by atoms with Gasteiger partial charge >= 0.3 is 0 Å². The minimum atomic E-state index is 0.273. The standard InChI is InChI=1S/C23H30N6O2S/c1-16-6-10-29(11-7-16)21-13-20(28-8-2-3-9-28)25-22(26-21)27-23(32)24-14-17-4-5-18-19(12-17)31-15-30-18/h4-5,12-13,16H,2-3,6-11,14-15H2,1H3,(H2,24,25,26,27,32). The lowest BCUT2D eigenvalue weighted by Gasteiger charge is -2.32. The summed E-state index contributed by atoms with van der Waals surface area (Å²) in [6.45, 7) is 7.32. The van der Waals surface area contributed by atoms with Crippen molar-refractivity contribution in [3.8, 4) is 11.5 Å². The summed E-state index contributed by atoms with van der Waals surface area (Å²) in [5.41, 5.74) is 1.06. The van der Waals surface area contributed by atoms with Gasteiger partial charge in [0, 0.05) is 38.8 Å². The van der Waals surface area contributed by atoms with Crippen LogP contribution in [0.4, 0.5) is 17.6 Å². The lowest BCUT2D eigenvalue weighted by Crippen LogP contribution is -2.34. The number of benzene rings is 1. The molecule has 170 valence electrons. The molecule has 0 unspecified atom stereocenters. The number of nitrogens with one attached hydrogen (secondary N) is 2. The zero-order valence-electron chi connectivity index (χ0n) is 18.5. The summed E-state index contributed by atoms with van der Waals surface area (Å²) in [6, 6.07) is 8.03. The van der Waals surface area contributed by atoms with Crippen molar-refractivity contribution in [1.29, 1.82) is 0 Å². The van der Waals surface area contributed by atoms with Crippen LogP contribution < -0.4 is 29.9 Å². The molecule has 2 saturated heterocycles. The van der Waals surface area contributed by atoms with Crippen LogP contribution in [0.25, 0.3) is 0 Å². The van der Waals surface area contributed by atoms with Gasteiger partial charge in [-0.05, 0) is 61.5 Å². The third-order valence-corrected chi connectivity index (χ3v) is 6.60. The van der Waals surface area contributed by atoms with E-state index in [1.54, 1.807) is 0 Å². The van der Waals surface area contributed by atoms with E-state index in [1.807, 2.05) is 18.2 Å². The van der Waals surface area contributed by atoms with E-state index in [1.165, 1.54) is 25.7 Å². The molecule has 0 aliphatic carbocycles. The van der Waals surface area contributed by atoms with Gasteiger partial charge in [-0.25, -0.2) is 0 Å². The van der Waals surface area contributed by atoms with Crippen molar-refractivity contribution in [2.24, 2.45) is 5.92 Å². The summed E-state index contributed by atoms with van der Waals surface area (Å²) < 4.78 is 10.8. The van der Waals surface area contributed by atoms with Crippen molar-refractivity contribution in [2.75, 3.05) is 48.1 Å². The molecule has 0 amide bonds. The van der Waals surface area contributed by atoms with Crippen LogP contribution in [0.5, 0.6) is 11.5 Å². The number of fused-ring (bicyclic) bond motifs is 1. The predicted octanol–water partition coefficient (Wildman–Crippen LogP) is 3.53. The molecule has 0 spiro atoms. The normalized spacial score (nSPS) is 18.2. The molecular weight excluding hydrogens is 424 g/mol. The number of nitrogens with zero attached hydrogens (tertiary/aromatic N) is 4. The summed E-state index contributed by atoms with van der Waals surface area (Å²) in [6.07, 6.45) is 4.81. The van der Waals surface area contributed by atoms with Crippen LogP contribution >= 0.6 is 12.2 Å². The van der Waals surface area contributed by atoms with Crippen LogP contribution in [0.3, 0.4) is 0 Å². The van der Waals surface area contributed by atoms with Crippen LogP contribution in [0.15, 0.2) is 24.3 Å². The van der Waals surface area contributed by atoms with Gasteiger partial charge < -0.3 is 29.9 Å². The number of thiocarbonyl (C=S) groups is 1. The van der Waals surface area contributed by atoms with E-state index in [4.69, 9.17) is 31.7 Å². The number of hydrogen-bond donors (Lipinski definition) is 2. The summed E-state index contributed by atoms with van der Waals surface area (Å²) in [7, 11) is 0. The maximum Gasteiger partial charge on any atom is 0.232 e. The lowest BCUT2D eigenvalue weighted by atomic mass is 9.99. The minimum absolute atomic E-state index is 0.273. The van der Waals surface area contributed by atoms with Gasteiger partial charge in [-0.1, -0.05) is 13.0 Å². The topological polar surface area (TPSA) is 74.8 Å². The average molecular weight is 455 g/mol. The fourth-order valence-electron chi connectivity index (χ4n) is 4.36. The van der Waals surface area contributed by atoms with Gasteiger partial charge in [0.05, 0.1) is 0 Å². The van der Waals surface area contributed by atoms with E-state index in [-0.39, 0.29) is 6.79 Å². The number of aromatic nitrogens is 2. The van der Waals surface area contributed by atoms with Gasteiger partial charge in [0.25, 0.3) is 0 Å². The highest BCUT2D eigenvalue weighted by atomic mass is 32.1. The van der Waals surface area contributed by atoms with E-state index in [2.05, 4.69) is 33.4 Å². The Kier molecular flexibility index (Phi) is 6.16. The Morgan fingerprint density at radius 3 is 2.44 bits per heavy atom. The molecule has 8 nitrogen and oxygen atoms in total. The molecule has 0 saturated carbocycles. The molecule has 2 fully saturated rings. The number of ether oxygens (including phenoxy) is 2. The van der Waals surface area contributed by atoms with Gasteiger partial charge in [0.2, 0.25) is 12.7 Å². The lowest BCUT2D eigenvalue weighted by molar-refractivity contribution is 0.174. The van der Waals surface area contributed by atoms with Gasteiger partial charge in [-0.3, -0.25) is 0 Å². The predicted molar refractivity (Wildman–Crippen MR) is 130 cm³/mol. The molecule has 4 heterocycles. The second-order valence-corrected chi connectivity index (χ2v) is 9.18. The number of piperidine rings is 1. The smallest absolute Gasteiger partial charge is 0.232 e. The third-order valence-electron chi connectivity index (χ3n) is 6.35. The Bertz CT molecular complexity index is 973. The first-order valence-corrected chi connectivity index (χ1v) is 11.9. The van der Waals surface area contributed by atoms with Gasteiger partial charge in [0.15, 0.2) is 16.6 Å². The molecule has 2 N–H and O–H groups in total. The van der Waals surface area contributed by atoms with Crippen LogP contribution in [0, 0.1) is 5.92 Å². The monoisotopic (exact) mass is 454 g/mol. The molecule has 1 aromatic heterocycles. The fraction of sp³-hybridized carbons (Fsp3) is 0.522. The van der Waals surface area contributed by atoms with E-state index < -0.39 is 0 Å². The molecular formula is C23H30N6O2S. The van der Waals surface area contributed by atoms with E-state index in [9.17, 15) is 0 Å². The minimum Gasteiger partial charge on any atom is -0.454 e. The second kappa shape index (κ2) is 9.36. The molecule has 0 atom stereocenters. The molecule has 2 aromatic rings. The van der Waals surface area contributed by atoms with Crippen molar-refractivity contribution >= 4 is 34.9 Å². The zero-order chi connectivity index (χ0) is 21.9. The Labute approximate surface area is 194 Å². The van der Waals surface area contributed by atoms with Crippen molar-refractivity contribution in [2.45, 2.75) is 39.2 Å². The fourth-order valence-corrected chi connectivity index (χ4v) is 4.53. The summed E-state index contributed by atoms with van der Waals surface area (Å²) in [4.78, 5) is 14.3. The van der Waals surface area contributed by atoms with E-state index in [0.29, 0.717) is 17.6 Å². The molecule has 0 bridgehead atoms. The first kappa shape index (κ1) is 21.1. The summed E-state index contributed by atoms with van der Waals surface area (Å²) >= 11 is 5.54. The highest BCUT2D eigenvalue weighted by Crippen LogP contribution is 2.32. The third kappa shape index (κ3) is 4.82. The first-order valence-electron chi connectivity index (χ1n) is 11.5. The number of rotatable bonds is 5.